The van der Waals surface area contributed by atoms with Gasteiger partial charge in [-0.25, -0.2) is 4.21 Å². The molecule has 0 aliphatic rings. The summed E-state index contributed by atoms with van der Waals surface area (Å²) in [7, 11) is 0. The molecule has 4 rings (SSSR count). The van der Waals surface area contributed by atoms with Crippen LogP contribution in [0.25, 0.3) is 10.8 Å². The van der Waals surface area contributed by atoms with Crippen LogP contribution in [-0.4, -0.2) is 10.8 Å². The van der Waals surface area contributed by atoms with E-state index in [1.165, 1.54) is 0 Å². The molecule has 0 aliphatic carbocycles. The van der Waals surface area contributed by atoms with Gasteiger partial charge in [0.1, 0.15) is 11.5 Å². The number of hydrogen-bond acceptors (Lipinski definition) is 3. The molecule has 4 aromatic carbocycles. The molecule has 1 N–H and O–H groups in total. The van der Waals surface area contributed by atoms with Gasteiger partial charge in [0.2, 0.25) is 0 Å². The third kappa shape index (κ3) is 5.22. The second kappa shape index (κ2) is 9.37. The van der Waals surface area contributed by atoms with Crippen LogP contribution in [0.1, 0.15) is 5.56 Å². The van der Waals surface area contributed by atoms with Gasteiger partial charge in [-0.05, 0) is 47.7 Å². The van der Waals surface area contributed by atoms with Gasteiger partial charge in [0, 0.05) is 11.1 Å². The van der Waals surface area contributed by atoms with E-state index in [2.05, 4.69) is 16.9 Å². The number of hydrogen-bond donors (Lipinski definition) is 1. The molecule has 0 bridgehead atoms. The van der Waals surface area contributed by atoms with Crippen LogP contribution in [0.15, 0.2) is 97.1 Å². The number of ether oxygens (including phenoxy) is 1. The minimum atomic E-state index is -1.60. The molecule has 0 fully saturated rings. The smallest absolute Gasteiger partial charge is 0.261 e. The molecule has 0 saturated heterocycles. The Morgan fingerprint density at radius 3 is 2.31 bits per heavy atom. The van der Waals surface area contributed by atoms with Gasteiger partial charge in [-0.15, -0.1) is 0 Å². The molecule has 4 aromatic rings. The molecule has 1 atom stereocenters. The van der Waals surface area contributed by atoms with E-state index in [-0.39, 0.29) is 0 Å². The van der Waals surface area contributed by atoms with Crippen molar-refractivity contribution in [3.63, 3.8) is 0 Å². The molecule has 5 heteroatoms. The van der Waals surface area contributed by atoms with E-state index < -0.39 is 11.3 Å². The van der Waals surface area contributed by atoms with Gasteiger partial charge in [0.15, 0.2) is 0 Å². The number of anilines is 1. The predicted octanol–water partition coefficient (Wildman–Crippen LogP) is 5.88. The Morgan fingerprint density at radius 2 is 1.48 bits per heavy atom. The second-order valence-electron chi connectivity index (χ2n) is 6.50. The number of fused-ring (bicyclic) bond motifs is 1. The molecule has 0 aliphatic heterocycles. The highest BCUT2D eigenvalue weighted by atomic mass is 32.2. The van der Waals surface area contributed by atoms with Crippen LogP contribution in [0.2, 0.25) is 0 Å². The fourth-order valence-electron chi connectivity index (χ4n) is 3.01. The van der Waals surface area contributed by atoms with E-state index in [4.69, 9.17) is 8.92 Å². The number of benzene rings is 4. The molecule has 0 saturated carbocycles. The lowest BCUT2D eigenvalue weighted by Gasteiger charge is -2.10. The minimum absolute atomic E-state index is 0.381. The van der Waals surface area contributed by atoms with Crippen molar-refractivity contribution < 1.29 is 13.1 Å². The molecule has 1 unspecified atom stereocenters. The lowest BCUT2D eigenvalue weighted by Crippen LogP contribution is -2.10. The Bertz CT molecular complexity index is 1090. The van der Waals surface area contributed by atoms with Crippen molar-refractivity contribution in [1.29, 1.82) is 0 Å². The third-order valence-electron chi connectivity index (χ3n) is 4.46. The summed E-state index contributed by atoms with van der Waals surface area (Å²) in [6, 6.07) is 31.4. The summed E-state index contributed by atoms with van der Waals surface area (Å²) in [6.45, 7) is 0.381. The van der Waals surface area contributed by atoms with Crippen LogP contribution in [0.3, 0.4) is 0 Å². The molecule has 4 nitrogen and oxygen atoms in total. The van der Waals surface area contributed by atoms with Gasteiger partial charge in [-0.3, -0.25) is 8.91 Å². The predicted molar refractivity (Wildman–Crippen MR) is 118 cm³/mol. The van der Waals surface area contributed by atoms with E-state index in [9.17, 15) is 4.21 Å². The quantitative estimate of drug-likeness (QED) is 0.399. The summed E-state index contributed by atoms with van der Waals surface area (Å²) >= 11 is -1.60. The van der Waals surface area contributed by atoms with Crippen molar-refractivity contribution in [3.8, 4) is 11.5 Å². The standard InChI is InChI=1S/C24H21NO3S/c26-29(27-18-17-19-7-2-1-3-8-19)25-21-13-15-22(16-14-21)28-24-12-6-10-20-9-4-5-11-23(20)24/h1-16,25H,17-18H2. The highest BCUT2D eigenvalue weighted by molar-refractivity contribution is 7.81. The summed E-state index contributed by atoms with van der Waals surface area (Å²) in [5.74, 6) is 1.51. The van der Waals surface area contributed by atoms with Gasteiger partial charge >= 0.3 is 0 Å². The van der Waals surface area contributed by atoms with E-state index in [1.807, 2.05) is 84.9 Å². The minimum Gasteiger partial charge on any atom is -0.457 e. The van der Waals surface area contributed by atoms with Gasteiger partial charge in [0.05, 0.1) is 6.61 Å². The zero-order valence-electron chi connectivity index (χ0n) is 15.8. The van der Waals surface area contributed by atoms with E-state index in [0.29, 0.717) is 24.5 Å². The number of rotatable bonds is 8. The van der Waals surface area contributed by atoms with Crippen molar-refractivity contribution in [2.24, 2.45) is 0 Å². The van der Waals surface area contributed by atoms with Gasteiger partial charge in [-0.1, -0.05) is 66.7 Å². The second-order valence-corrected chi connectivity index (χ2v) is 7.41. The maximum absolute atomic E-state index is 12.1. The average Bonchev–Trinajstić information content (AvgIpc) is 2.76. The normalized spacial score (nSPS) is 11.9. The highest BCUT2D eigenvalue weighted by Crippen LogP contribution is 2.30. The van der Waals surface area contributed by atoms with E-state index in [1.54, 1.807) is 0 Å². The fourth-order valence-corrected chi connectivity index (χ4v) is 3.63. The molecule has 0 radical (unpaired) electrons. The number of nitrogens with one attached hydrogen (secondary N) is 1. The van der Waals surface area contributed by atoms with Crippen LogP contribution < -0.4 is 9.46 Å². The molecule has 146 valence electrons. The molecular weight excluding hydrogens is 382 g/mol. The Hall–Kier alpha value is -3.15. The molecule has 29 heavy (non-hydrogen) atoms. The van der Waals surface area contributed by atoms with Crippen molar-refractivity contribution in [1.82, 2.24) is 0 Å². The lowest BCUT2D eigenvalue weighted by molar-refractivity contribution is 0.355. The summed E-state index contributed by atoms with van der Waals surface area (Å²) in [6.07, 6.45) is 0.714. The van der Waals surface area contributed by atoms with Crippen LogP contribution in [0.5, 0.6) is 11.5 Å². The van der Waals surface area contributed by atoms with Crippen LogP contribution in [0.4, 0.5) is 5.69 Å². The largest absolute Gasteiger partial charge is 0.457 e. The van der Waals surface area contributed by atoms with Crippen molar-refractivity contribution in [2.45, 2.75) is 6.42 Å². The topological polar surface area (TPSA) is 47.6 Å². The van der Waals surface area contributed by atoms with E-state index >= 15 is 0 Å². The van der Waals surface area contributed by atoms with Gasteiger partial charge in [0.25, 0.3) is 11.3 Å². The Morgan fingerprint density at radius 1 is 0.759 bits per heavy atom. The van der Waals surface area contributed by atoms with E-state index in [0.717, 1.165) is 22.1 Å². The summed E-state index contributed by atoms with van der Waals surface area (Å²) in [5, 5.41) is 2.19. The highest BCUT2D eigenvalue weighted by Gasteiger charge is 2.05. The first-order valence-corrected chi connectivity index (χ1v) is 10.5. The molecule has 0 aromatic heterocycles. The summed E-state index contributed by atoms with van der Waals surface area (Å²) in [4.78, 5) is 0. The van der Waals surface area contributed by atoms with Crippen LogP contribution >= 0.6 is 0 Å². The maximum Gasteiger partial charge on any atom is 0.261 e. The zero-order chi connectivity index (χ0) is 19.9. The summed E-state index contributed by atoms with van der Waals surface area (Å²) < 4.78 is 26.3. The molecular formula is C24H21NO3S. The average molecular weight is 404 g/mol. The Kier molecular flexibility index (Phi) is 6.19. The third-order valence-corrected chi connectivity index (χ3v) is 5.24. The van der Waals surface area contributed by atoms with Crippen LogP contribution in [0, 0.1) is 0 Å². The summed E-state index contributed by atoms with van der Waals surface area (Å²) in [5.41, 5.74) is 1.85. The van der Waals surface area contributed by atoms with Crippen molar-refractivity contribution in [2.75, 3.05) is 11.3 Å². The molecule has 0 heterocycles. The SMILES string of the molecule is O=S(Nc1ccc(Oc2cccc3ccccc23)cc1)OCCc1ccccc1. The molecule has 0 amide bonds. The zero-order valence-corrected chi connectivity index (χ0v) is 16.6. The first-order valence-electron chi connectivity index (χ1n) is 9.39. The Balaban J connectivity index is 1.32. The van der Waals surface area contributed by atoms with Gasteiger partial charge in [-0.2, -0.15) is 0 Å². The van der Waals surface area contributed by atoms with Crippen molar-refractivity contribution >= 4 is 27.7 Å². The molecule has 0 spiro atoms. The van der Waals surface area contributed by atoms with Crippen molar-refractivity contribution in [3.05, 3.63) is 103 Å². The first kappa shape index (κ1) is 19.2. The first-order chi connectivity index (χ1) is 14.3. The lowest BCUT2D eigenvalue weighted by atomic mass is 10.1. The monoisotopic (exact) mass is 403 g/mol. The van der Waals surface area contributed by atoms with Gasteiger partial charge < -0.3 is 4.74 Å². The Labute approximate surface area is 172 Å². The van der Waals surface area contributed by atoms with Crippen LogP contribution in [-0.2, 0) is 21.9 Å². The fraction of sp³-hybridized carbons (Fsp3) is 0.0833. The maximum atomic E-state index is 12.1.